The lowest BCUT2D eigenvalue weighted by molar-refractivity contribution is -0.139. The van der Waals surface area contributed by atoms with Crippen LogP contribution in [-0.4, -0.2) is 36.8 Å². The van der Waals surface area contributed by atoms with Crippen molar-refractivity contribution in [3.63, 3.8) is 0 Å². The Morgan fingerprint density at radius 2 is 1.85 bits per heavy atom. The van der Waals surface area contributed by atoms with Crippen molar-refractivity contribution in [1.29, 1.82) is 0 Å². The predicted octanol–water partition coefficient (Wildman–Crippen LogP) is 3.15. The molecule has 0 aliphatic carbocycles. The second-order valence-corrected chi connectivity index (χ2v) is 6.72. The summed E-state index contributed by atoms with van der Waals surface area (Å²) in [6, 6.07) is 14.8. The van der Waals surface area contributed by atoms with Gasteiger partial charge in [0.05, 0.1) is 5.41 Å². The Balaban J connectivity index is 1.78. The lowest BCUT2D eigenvalue weighted by Crippen LogP contribution is -2.44. The van der Waals surface area contributed by atoms with Crippen LogP contribution >= 0.6 is 0 Å². The van der Waals surface area contributed by atoms with Crippen LogP contribution in [0.25, 0.3) is 0 Å². The molecule has 2 aromatic carbocycles. The lowest BCUT2D eigenvalue weighted by atomic mass is 9.73. The number of carboxylic acid groups (broad SMARTS) is 1. The highest BCUT2D eigenvalue weighted by molar-refractivity contribution is 5.99. The third kappa shape index (κ3) is 4.46. The van der Waals surface area contributed by atoms with Crippen LogP contribution in [0, 0.1) is 6.92 Å². The van der Waals surface area contributed by atoms with Crippen LogP contribution in [0.1, 0.15) is 24.0 Å². The lowest BCUT2D eigenvalue weighted by Gasteiger charge is -2.36. The first-order valence-electron chi connectivity index (χ1n) is 8.91. The van der Waals surface area contributed by atoms with Crippen LogP contribution in [0.4, 0.5) is 5.69 Å². The molecule has 142 valence electrons. The summed E-state index contributed by atoms with van der Waals surface area (Å²) in [5.74, 6) is -0.655. The number of ether oxygens (including phenoxy) is 2. The fourth-order valence-electron chi connectivity index (χ4n) is 3.34. The Morgan fingerprint density at radius 3 is 2.48 bits per heavy atom. The molecule has 0 spiro atoms. The second-order valence-electron chi connectivity index (χ2n) is 6.72. The molecule has 1 saturated heterocycles. The summed E-state index contributed by atoms with van der Waals surface area (Å²) in [4.78, 5) is 23.8. The van der Waals surface area contributed by atoms with Gasteiger partial charge in [0.25, 0.3) is 0 Å². The predicted molar refractivity (Wildman–Crippen MR) is 101 cm³/mol. The van der Waals surface area contributed by atoms with Crippen molar-refractivity contribution in [2.45, 2.75) is 25.2 Å². The van der Waals surface area contributed by atoms with Crippen LogP contribution in [0.2, 0.25) is 0 Å². The molecule has 2 N–H and O–H groups in total. The average Bonchev–Trinajstić information content (AvgIpc) is 2.68. The number of carbonyl (C=O) groups excluding carboxylic acids is 1. The van der Waals surface area contributed by atoms with Gasteiger partial charge < -0.3 is 19.9 Å². The molecule has 0 unspecified atom stereocenters. The fraction of sp³-hybridized carbons (Fsp3) is 0.333. The van der Waals surface area contributed by atoms with Gasteiger partial charge in [-0.15, -0.1) is 0 Å². The van der Waals surface area contributed by atoms with Crippen LogP contribution in [0.3, 0.4) is 0 Å². The molecule has 2 aromatic rings. The monoisotopic (exact) mass is 369 g/mol. The third-order valence-corrected chi connectivity index (χ3v) is 4.83. The summed E-state index contributed by atoms with van der Waals surface area (Å²) < 4.78 is 10.6. The first-order chi connectivity index (χ1) is 13.0. The number of benzene rings is 2. The molecule has 1 aliphatic rings. The molecule has 1 amide bonds. The molecule has 6 heteroatoms. The van der Waals surface area contributed by atoms with E-state index in [4.69, 9.17) is 14.6 Å². The number of aryl methyl sites for hydroxylation is 1. The molecule has 0 bridgehead atoms. The van der Waals surface area contributed by atoms with Gasteiger partial charge >= 0.3 is 5.97 Å². The summed E-state index contributed by atoms with van der Waals surface area (Å²) in [7, 11) is 0. The number of carboxylic acids is 1. The highest BCUT2D eigenvalue weighted by Crippen LogP contribution is 2.36. The maximum atomic E-state index is 13.2. The van der Waals surface area contributed by atoms with Gasteiger partial charge in [-0.1, -0.05) is 29.8 Å². The fourth-order valence-corrected chi connectivity index (χ4v) is 3.34. The molecule has 1 fully saturated rings. The zero-order valence-electron chi connectivity index (χ0n) is 15.2. The van der Waals surface area contributed by atoms with Crippen LogP contribution in [0.15, 0.2) is 48.5 Å². The van der Waals surface area contributed by atoms with E-state index in [0.717, 1.165) is 11.1 Å². The van der Waals surface area contributed by atoms with Crippen molar-refractivity contribution < 1.29 is 24.2 Å². The molecular formula is C21H23NO5. The zero-order chi connectivity index (χ0) is 19.3. The maximum absolute atomic E-state index is 13.2. The van der Waals surface area contributed by atoms with Gasteiger partial charge in [0.15, 0.2) is 6.61 Å². The zero-order valence-corrected chi connectivity index (χ0v) is 15.2. The summed E-state index contributed by atoms with van der Waals surface area (Å²) in [5, 5.41) is 11.7. The smallest absolute Gasteiger partial charge is 0.341 e. The van der Waals surface area contributed by atoms with Gasteiger partial charge in [-0.25, -0.2) is 4.79 Å². The SMILES string of the molecule is Cc1cccc(C2(C(=O)Nc3ccc(OCC(=O)O)cc3)CCOCC2)c1. The molecule has 0 atom stereocenters. The van der Waals surface area contributed by atoms with Gasteiger partial charge in [-0.05, 0) is 49.6 Å². The van der Waals surface area contributed by atoms with Crippen LogP contribution < -0.4 is 10.1 Å². The van der Waals surface area contributed by atoms with E-state index in [0.29, 0.717) is 37.5 Å². The maximum Gasteiger partial charge on any atom is 0.341 e. The normalized spacial score (nSPS) is 15.7. The van der Waals surface area contributed by atoms with Crippen molar-refractivity contribution in [1.82, 2.24) is 0 Å². The summed E-state index contributed by atoms with van der Waals surface area (Å²) in [6.07, 6.45) is 1.25. The molecule has 1 aliphatic heterocycles. The number of amides is 1. The van der Waals surface area contributed by atoms with Crippen molar-refractivity contribution in [2.24, 2.45) is 0 Å². The Hall–Kier alpha value is -2.86. The Labute approximate surface area is 158 Å². The van der Waals surface area contributed by atoms with E-state index < -0.39 is 18.0 Å². The molecule has 3 rings (SSSR count). The van der Waals surface area contributed by atoms with Crippen molar-refractivity contribution in [2.75, 3.05) is 25.1 Å². The first-order valence-corrected chi connectivity index (χ1v) is 8.91. The van der Waals surface area contributed by atoms with E-state index >= 15 is 0 Å². The minimum Gasteiger partial charge on any atom is -0.482 e. The first kappa shape index (κ1) is 18.9. The van der Waals surface area contributed by atoms with Gasteiger partial charge in [0.1, 0.15) is 5.75 Å². The van der Waals surface area contributed by atoms with E-state index in [2.05, 4.69) is 11.4 Å². The van der Waals surface area contributed by atoms with Gasteiger partial charge in [0.2, 0.25) is 5.91 Å². The van der Waals surface area contributed by atoms with E-state index in [1.807, 2.05) is 25.1 Å². The number of hydrogen-bond donors (Lipinski definition) is 2. The van der Waals surface area contributed by atoms with Gasteiger partial charge in [-0.2, -0.15) is 0 Å². The molecule has 0 aromatic heterocycles. The molecule has 0 saturated carbocycles. The summed E-state index contributed by atoms with van der Waals surface area (Å²) in [5.41, 5.74) is 2.14. The Morgan fingerprint density at radius 1 is 1.15 bits per heavy atom. The highest BCUT2D eigenvalue weighted by Gasteiger charge is 2.41. The minimum atomic E-state index is -1.04. The van der Waals surface area contributed by atoms with E-state index in [9.17, 15) is 9.59 Å². The third-order valence-electron chi connectivity index (χ3n) is 4.83. The summed E-state index contributed by atoms with van der Waals surface area (Å²) in [6.45, 7) is 2.71. The van der Waals surface area contributed by atoms with Crippen molar-refractivity contribution in [3.05, 3.63) is 59.7 Å². The van der Waals surface area contributed by atoms with Gasteiger partial charge in [-0.3, -0.25) is 4.79 Å². The number of anilines is 1. The van der Waals surface area contributed by atoms with Crippen molar-refractivity contribution >= 4 is 17.6 Å². The van der Waals surface area contributed by atoms with Gasteiger partial charge in [0, 0.05) is 18.9 Å². The number of hydrogen-bond acceptors (Lipinski definition) is 4. The number of carbonyl (C=O) groups is 2. The van der Waals surface area contributed by atoms with Crippen molar-refractivity contribution in [3.8, 4) is 5.75 Å². The Kier molecular flexibility index (Phi) is 5.76. The topological polar surface area (TPSA) is 84.9 Å². The van der Waals surface area contributed by atoms with Crippen LogP contribution in [0.5, 0.6) is 5.75 Å². The Bertz CT molecular complexity index is 810. The standard InChI is InChI=1S/C21H23NO5/c1-15-3-2-4-16(13-15)21(9-11-26-12-10-21)20(25)22-17-5-7-18(8-6-17)27-14-19(23)24/h2-8,13H,9-12,14H2,1H3,(H,22,25)(H,23,24). The van der Waals surface area contributed by atoms with Crippen LogP contribution in [-0.2, 0) is 19.7 Å². The molecule has 0 radical (unpaired) electrons. The highest BCUT2D eigenvalue weighted by atomic mass is 16.5. The largest absolute Gasteiger partial charge is 0.482 e. The minimum absolute atomic E-state index is 0.0596. The molecule has 1 heterocycles. The number of aliphatic carboxylic acids is 1. The molecule has 6 nitrogen and oxygen atoms in total. The molecule has 27 heavy (non-hydrogen) atoms. The second kappa shape index (κ2) is 8.22. The average molecular weight is 369 g/mol. The molecular weight excluding hydrogens is 346 g/mol. The van der Waals surface area contributed by atoms with E-state index in [1.54, 1.807) is 24.3 Å². The summed E-state index contributed by atoms with van der Waals surface area (Å²) >= 11 is 0. The number of rotatable bonds is 6. The quantitative estimate of drug-likeness (QED) is 0.817. The number of nitrogens with one attached hydrogen (secondary N) is 1. The van der Waals surface area contributed by atoms with E-state index in [-0.39, 0.29) is 5.91 Å². The van der Waals surface area contributed by atoms with E-state index in [1.165, 1.54) is 0 Å².